The first-order valence-electron chi connectivity index (χ1n) is 5.23. The summed E-state index contributed by atoms with van der Waals surface area (Å²) in [5.74, 6) is -0.181. The van der Waals surface area contributed by atoms with Gasteiger partial charge >= 0.3 is 0 Å². The molecule has 0 aliphatic carbocycles. The summed E-state index contributed by atoms with van der Waals surface area (Å²) >= 11 is 11.6. The zero-order chi connectivity index (χ0) is 12.4. The first kappa shape index (κ1) is 15.5. The number of rotatable bonds is 2. The van der Waals surface area contributed by atoms with Crippen LogP contribution in [0.3, 0.4) is 0 Å². The molecule has 2 unspecified atom stereocenters. The molecule has 1 aliphatic rings. The summed E-state index contributed by atoms with van der Waals surface area (Å²) < 4.78 is 0. The largest absolute Gasteiger partial charge is 0.392 e. The Morgan fingerprint density at radius 2 is 2.11 bits per heavy atom. The van der Waals surface area contributed by atoms with Gasteiger partial charge in [0, 0.05) is 12.2 Å². The standard InChI is InChI=1S/C11H12Cl2N2O2.ClH/c12-8-2-1-6(3-9(8)13)15-11(17)10-4-7(16)5-14-10;/h1-3,7,10,14,16H,4-5H2,(H,15,17);1H. The number of hydrogen-bond acceptors (Lipinski definition) is 3. The second kappa shape index (κ2) is 6.59. The van der Waals surface area contributed by atoms with Crippen LogP contribution in [0.25, 0.3) is 0 Å². The van der Waals surface area contributed by atoms with E-state index in [1.165, 1.54) is 0 Å². The molecule has 0 radical (unpaired) electrons. The molecule has 0 saturated carbocycles. The highest BCUT2D eigenvalue weighted by molar-refractivity contribution is 6.42. The van der Waals surface area contributed by atoms with Gasteiger partial charge in [-0.05, 0) is 24.6 Å². The molecule has 0 bridgehead atoms. The van der Waals surface area contributed by atoms with Gasteiger partial charge in [-0.1, -0.05) is 23.2 Å². The van der Waals surface area contributed by atoms with Crippen molar-refractivity contribution in [3.63, 3.8) is 0 Å². The number of aliphatic hydroxyl groups excluding tert-OH is 1. The van der Waals surface area contributed by atoms with Crippen LogP contribution in [0.1, 0.15) is 6.42 Å². The third-order valence-electron chi connectivity index (χ3n) is 2.61. The highest BCUT2D eigenvalue weighted by Crippen LogP contribution is 2.25. The number of halogens is 3. The van der Waals surface area contributed by atoms with Gasteiger partial charge in [0.25, 0.3) is 0 Å². The molecule has 1 heterocycles. The number of hydrogen-bond donors (Lipinski definition) is 3. The van der Waals surface area contributed by atoms with Crippen molar-refractivity contribution < 1.29 is 9.90 Å². The van der Waals surface area contributed by atoms with Gasteiger partial charge in [-0.25, -0.2) is 0 Å². The van der Waals surface area contributed by atoms with E-state index in [9.17, 15) is 9.90 Å². The summed E-state index contributed by atoms with van der Waals surface area (Å²) in [4.78, 5) is 11.8. The summed E-state index contributed by atoms with van der Waals surface area (Å²) in [6.07, 6.45) is -0.0350. The van der Waals surface area contributed by atoms with Crippen molar-refractivity contribution in [1.29, 1.82) is 0 Å². The lowest BCUT2D eigenvalue weighted by molar-refractivity contribution is -0.117. The molecule has 2 rings (SSSR count). The highest BCUT2D eigenvalue weighted by Gasteiger charge is 2.27. The number of benzene rings is 1. The van der Waals surface area contributed by atoms with Gasteiger partial charge in [-0.3, -0.25) is 4.79 Å². The minimum atomic E-state index is -0.459. The Bertz CT molecular complexity index is 442. The minimum Gasteiger partial charge on any atom is -0.392 e. The average molecular weight is 312 g/mol. The Labute approximate surface area is 121 Å². The summed E-state index contributed by atoms with van der Waals surface area (Å²) in [5.41, 5.74) is 0.590. The Kier molecular flexibility index (Phi) is 5.69. The molecule has 1 amide bonds. The fraction of sp³-hybridized carbons (Fsp3) is 0.364. The molecule has 1 fully saturated rings. The normalized spacial score (nSPS) is 22.4. The first-order valence-corrected chi connectivity index (χ1v) is 5.99. The maximum absolute atomic E-state index is 11.8. The number of anilines is 1. The van der Waals surface area contributed by atoms with Crippen LogP contribution in [-0.4, -0.2) is 29.7 Å². The van der Waals surface area contributed by atoms with Gasteiger partial charge in [0.1, 0.15) is 0 Å². The van der Waals surface area contributed by atoms with Crippen LogP contribution in [0, 0.1) is 0 Å². The number of β-amino-alcohol motifs (C(OH)–C–C–N with tert-alkyl or cyclic N) is 1. The van der Waals surface area contributed by atoms with Gasteiger partial charge in [-0.2, -0.15) is 0 Å². The zero-order valence-corrected chi connectivity index (χ0v) is 11.6. The van der Waals surface area contributed by atoms with Crippen molar-refractivity contribution in [2.24, 2.45) is 0 Å². The van der Waals surface area contributed by atoms with Gasteiger partial charge < -0.3 is 15.7 Å². The SMILES string of the molecule is Cl.O=C(Nc1ccc(Cl)c(Cl)c1)C1CC(O)CN1. The number of amides is 1. The van der Waals surface area contributed by atoms with Crippen molar-refractivity contribution in [3.8, 4) is 0 Å². The molecule has 4 nitrogen and oxygen atoms in total. The van der Waals surface area contributed by atoms with Gasteiger partial charge in [0.05, 0.1) is 22.2 Å². The van der Waals surface area contributed by atoms with Gasteiger partial charge in [0.2, 0.25) is 5.91 Å². The molecule has 7 heteroatoms. The molecule has 18 heavy (non-hydrogen) atoms. The summed E-state index contributed by atoms with van der Waals surface area (Å²) in [6.45, 7) is 0.444. The molecular weight excluding hydrogens is 298 g/mol. The number of carbonyl (C=O) groups is 1. The Balaban J connectivity index is 0.00000162. The summed E-state index contributed by atoms with van der Waals surface area (Å²) in [7, 11) is 0. The van der Waals surface area contributed by atoms with E-state index < -0.39 is 6.10 Å². The molecule has 0 aromatic heterocycles. The number of nitrogens with one attached hydrogen (secondary N) is 2. The Morgan fingerprint density at radius 3 is 2.67 bits per heavy atom. The van der Waals surface area contributed by atoms with Crippen molar-refractivity contribution in [2.45, 2.75) is 18.6 Å². The molecule has 0 spiro atoms. The van der Waals surface area contributed by atoms with Crippen LogP contribution < -0.4 is 10.6 Å². The smallest absolute Gasteiger partial charge is 0.241 e. The third kappa shape index (κ3) is 3.73. The monoisotopic (exact) mass is 310 g/mol. The first-order chi connectivity index (χ1) is 8.06. The van der Waals surface area contributed by atoms with E-state index >= 15 is 0 Å². The van der Waals surface area contributed by atoms with E-state index in [2.05, 4.69) is 10.6 Å². The zero-order valence-electron chi connectivity index (χ0n) is 9.32. The topological polar surface area (TPSA) is 61.4 Å². The maximum atomic E-state index is 11.8. The van der Waals surface area contributed by atoms with Crippen LogP contribution in [0.4, 0.5) is 5.69 Å². The molecule has 1 saturated heterocycles. The molecule has 2 atom stereocenters. The predicted octanol–water partition coefficient (Wildman–Crippen LogP) is 2.08. The van der Waals surface area contributed by atoms with Gasteiger partial charge in [-0.15, -0.1) is 12.4 Å². The fourth-order valence-electron chi connectivity index (χ4n) is 1.72. The van der Waals surface area contributed by atoms with E-state index in [4.69, 9.17) is 23.2 Å². The molecule has 1 aromatic rings. The minimum absolute atomic E-state index is 0. The van der Waals surface area contributed by atoms with E-state index in [1.807, 2.05) is 0 Å². The average Bonchev–Trinajstić information content (AvgIpc) is 2.70. The van der Waals surface area contributed by atoms with Crippen molar-refractivity contribution in [3.05, 3.63) is 28.2 Å². The summed E-state index contributed by atoms with van der Waals surface area (Å²) in [6, 6.07) is 4.53. The second-order valence-electron chi connectivity index (χ2n) is 3.97. The highest BCUT2D eigenvalue weighted by atomic mass is 35.5. The van der Waals surface area contributed by atoms with E-state index in [0.29, 0.717) is 28.7 Å². The number of carbonyl (C=O) groups excluding carboxylic acids is 1. The molecule has 1 aliphatic heterocycles. The lowest BCUT2D eigenvalue weighted by Crippen LogP contribution is -2.35. The van der Waals surface area contributed by atoms with Gasteiger partial charge in [0.15, 0.2) is 0 Å². The third-order valence-corrected chi connectivity index (χ3v) is 3.35. The Morgan fingerprint density at radius 1 is 1.39 bits per heavy atom. The van der Waals surface area contributed by atoms with Crippen molar-refractivity contribution in [1.82, 2.24) is 5.32 Å². The van der Waals surface area contributed by atoms with Crippen LogP contribution in [0.2, 0.25) is 10.0 Å². The van der Waals surface area contributed by atoms with Crippen LogP contribution >= 0.6 is 35.6 Å². The summed E-state index contributed by atoms with van der Waals surface area (Å²) in [5, 5.41) is 15.8. The molecule has 100 valence electrons. The predicted molar refractivity (Wildman–Crippen MR) is 74.8 cm³/mol. The maximum Gasteiger partial charge on any atom is 0.241 e. The molecular formula is C11H13Cl3N2O2. The fourth-order valence-corrected chi connectivity index (χ4v) is 2.02. The van der Waals surface area contributed by atoms with E-state index in [1.54, 1.807) is 18.2 Å². The Hall–Kier alpha value is -0.520. The lowest BCUT2D eigenvalue weighted by atomic mass is 10.2. The van der Waals surface area contributed by atoms with Crippen LogP contribution in [-0.2, 0) is 4.79 Å². The van der Waals surface area contributed by atoms with Crippen LogP contribution in [0.15, 0.2) is 18.2 Å². The van der Waals surface area contributed by atoms with Crippen LogP contribution in [0.5, 0.6) is 0 Å². The second-order valence-corrected chi connectivity index (χ2v) is 4.78. The lowest BCUT2D eigenvalue weighted by Gasteiger charge is -2.11. The molecule has 1 aromatic carbocycles. The van der Waals surface area contributed by atoms with E-state index in [0.717, 1.165) is 0 Å². The van der Waals surface area contributed by atoms with Crippen molar-refractivity contribution in [2.75, 3.05) is 11.9 Å². The van der Waals surface area contributed by atoms with Crippen molar-refractivity contribution >= 4 is 47.2 Å². The molecule has 3 N–H and O–H groups in total. The van der Waals surface area contributed by atoms with E-state index in [-0.39, 0.29) is 24.4 Å². The number of aliphatic hydroxyl groups is 1. The quantitative estimate of drug-likeness (QED) is 0.783.